The highest BCUT2D eigenvalue weighted by atomic mass is 16.5. The molecule has 6 heteroatoms. The molecule has 0 saturated carbocycles. The summed E-state index contributed by atoms with van der Waals surface area (Å²) in [6.07, 6.45) is 3.56. The summed E-state index contributed by atoms with van der Waals surface area (Å²) >= 11 is 0. The largest absolute Gasteiger partial charge is 0.338 e. The fourth-order valence-electron chi connectivity index (χ4n) is 2.36. The molecule has 1 saturated heterocycles. The first kappa shape index (κ1) is 14.2. The van der Waals surface area contributed by atoms with E-state index in [9.17, 15) is 0 Å². The monoisotopic (exact) mass is 265 g/mol. The molecule has 2 unspecified atom stereocenters. The van der Waals surface area contributed by atoms with Crippen LogP contribution in [0.4, 0.5) is 0 Å². The van der Waals surface area contributed by atoms with E-state index in [2.05, 4.69) is 40.6 Å². The van der Waals surface area contributed by atoms with Gasteiger partial charge in [-0.2, -0.15) is 4.98 Å². The van der Waals surface area contributed by atoms with Gasteiger partial charge in [0, 0.05) is 6.54 Å². The van der Waals surface area contributed by atoms with Gasteiger partial charge in [-0.05, 0) is 40.0 Å². The number of hydrogen-bond acceptors (Lipinski definition) is 6. The molecule has 1 aliphatic rings. The standard InChI is InChI=1S/C13H23N5O/c1-4-6-10(14)13-15-12(16-19-13)11-9-17(2)7-5-8-18(11)3/h4,10-11H,1,5-9,14H2,2-3H3. The second-order valence-corrected chi connectivity index (χ2v) is 5.23. The minimum atomic E-state index is -0.257. The van der Waals surface area contributed by atoms with Crippen molar-refractivity contribution in [2.75, 3.05) is 33.7 Å². The molecule has 106 valence electrons. The van der Waals surface area contributed by atoms with E-state index in [-0.39, 0.29) is 12.1 Å². The predicted molar refractivity (Wildman–Crippen MR) is 73.5 cm³/mol. The maximum Gasteiger partial charge on any atom is 0.243 e. The lowest BCUT2D eigenvalue weighted by Gasteiger charge is -2.24. The first-order valence-corrected chi connectivity index (χ1v) is 6.70. The van der Waals surface area contributed by atoms with Crippen molar-refractivity contribution < 1.29 is 4.52 Å². The Bertz CT molecular complexity index is 419. The van der Waals surface area contributed by atoms with Gasteiger partial charge in [-0.15, -0.1) is 6.58 Å². The van der Waals surface area contributed by atoms with Gasteiger partial charge < -0.3 is 15.2 Å². The van der Waals surface area contributed by atoms with Crippen LogP contribution in [0.3, 0.4) is 0 Å². The molecular weight excluding hydrogens is 242 g/mol. The highest BCUT2D eigenvalue weighted by Gasteiger charge is 2.27. The Morgan fingerprint density at radius 1 is 1.53 bits per heavy atom. The maximum absolute atomic E-state index is 5.95. The molecule has 6 nitrogen and oxygen atoms in total. The van der Waals surface area contributed by atoms with E-state index in [4.69, 9.17) is 10.3 Å². The molecule has 0 radical (unpaired) electrons. The number of nitrogens with zero attached hydrogens (tertiary/aromatic N) is 4. The molecule has 1 aromatic heterocycles. The average molecular weight is 265 g/mol. The predicted octanol–water partition coefficient (Wildman–Crippen LogP) is 0.954. The fraction of sp³-hybridized carbons (Fsp3) is 0.692. The van der Waals surface area contributed by atoms with Gasteiger partial charge in [0.2, 0.25) is 5.89 Å². The molecular formula is C13H23N5O. The van der Waals surface area contributed by atoms with Crippen LogP contribution in [-0.2, 0) is 0 Å². The third kappa shape index (κ3) is 3.40. The van der Waals surface area contributed by atoms with Gasteiger partial charge >= 0.3 is 0 Å². The first-order valence-electron chi connectivity index (χ1n) is 6.70. The molecule has 1 aromatic rings. The third-order valence-electron chi connectivity index (χ3n) is 3.56. The SMILES string of the molecule is C=CCC(N)c1nc(C2CN(C)CCCN2C)no1. The minimum Gasteiger partial charge on any atom is -0.338 e. The molecule has 0 aromatic carbocycles. The molecule has 19 heavy (non-hydrogen) atoms. The summed E-state index contributed by atoms with van der Waals surface area (Å²) in [6.45, 7) is 6.72. The van der Waals surface area contributed by atoms with Crippen molar-refractivity contribution in [3.8, 4) is 0 Å². The molecule has 2 atom stereocenters. The van der Waals surface area contributed by atoms with Gasteiger partial charge in [0.05, 0.1) is 12.1 Å². The van der Waals surface area contributed by atoms with Crippen LogP contribution in [0.1, 0.15) is 36.6 Å². The van der Waals surface area contributed by atoms with Crippen molar-refractivity contribution in [3.05, 3.63) is 24.4 Å². The second kappa shape index (κ2) is 6.27. The Hall–Kier alpha value is -1.24. The van der Waals surface area contributed by atoms with Gasteiger partial charge in [0.15, 0.2) is 5.82 Å². The van der Waals surface area contributed by atoms with E-state index in [1.54, 1.807) is 6.08 Å². The van der Waals surface area contributed by atoms with Crippen LogP contribution in [0, 0.1) is 0 Å². The van der Waals surface area contributed by atoms with Crippen molar-refractivity contribution in [2.24, 2.45) is 5.73 Å². The topological polar surface area (TPSA) is 71.4 Å². The van der Waals surface area contributed by atoms with E-state index in [1.807, 2.05) is 0 Å². The summed E-state index contributed by atoms with van der Waals surface area (Å²) in [5.41, 5.74) is 5.95. The lowest BCUT2D eigenvalue weighted by molar-refractivity contribution is 0.214. The summed E-state index contributed by atoms with van der Waals surface area (Å²) in [5, 5.41) is 4.10. The molecule has 2 N–H and O–H groups in total. The fourth-order valence-corrected chi connectivity index (χ4v) is 2.36. The Labute approximate surface area is 114 Å². The molecule has 0 amide bonds. The van der Waals surface area contributed by atoms with Crippen molar-refractivity contribution in [3.63, 3.8) is 0 Å². The second-order valence-electron chi connectivity index (χ2n) is 5.23. The van der Waals surface area contributed by atoms with E-state index in [0.717, 1.165) is 31.9 Å². The van der Waals surface area contributed by atoms with E-state index >= 15 is 0 Å². The summed E-state index contributed by atoms with van der Waals surface area (Å²) in [7, 11) is 4.22. The van der Waals surface area contributed by atoms with Gasteiger partial charge in [-0.25, -0.2) is 0 Å². The zero-order chi connectivity index (χ0) is 13.8. The summed E-state index contributed by atoms with van der Waals surface area (Å²) in [4.78, 5) is 9.03. The smallest absolute Gasteiger partial charge is 0.243 e. The lowest BCUT2D eigenvalue weighted by Crippen LogP contribution is -2.31. The van der Waals surface area contributed by atoms with Crippen LogP contribution in [0.25, 0.3) is 0 Å². The summed E-state index contributed by atoms with van der Waals surface area (Å²) < 4.78 is 5.28. The summed E-state index contributed by atoms with van der Waals surface area (Å²) in [5.74, 6) is 1.22. The van der Waals surface area contributed by atoms with Crippen molar-refractivity contribution in [1.82, 2.24) is 19.9 Å². The van der Waals surface area contributed by atoms with Crippen LogP contribution < -0.4 is 5.73 Å². The lowest BCUT2D eigenvalue weighted by atomic mass is 10.2. The van der Waals surface area contributed by atoms with Crippen molar-refractivity contribution in [1.29, 1.82) is 0 Å². The Balaban J connectivity index is 2.13. The van der Waals surface area contributed by atoms with Crippen molar-refractivity contribution >= 4 is 0 Å². The quantitative estimate of drug-likeness (QED) is 0.817. The Kier molecular flexibility index (Phi) is 4.68. The number of aromatic nitrogens is 2. The van der Waals surface area contributed by atoms with Gasteiger partial charge in [0.1, 0.15) is 0 Å². The van der Waals surface area contributed by atoms with E-state index < -0.39 is 0 Å². The molecule has 2 heterocycles. The number of nitrogens with two attached hydrogens (primary N) is 1. The highest BCUT2D eigenvalue weighted by molar-refractivity contribution is 5.00. The van der Waals surface area contributed by atoms with Crippen LogP contribution in [0.2, 0.25) is 0 Å². The number of hydrogen-bond donors (Lipinski definition) is 1. The van der Waals surface area contributed by atoms with E-state index in [1.165, 1.54) is 0 Å². The Morgan fingerprint density at radius 2 is 2.32 bits per heavy atom. The van der Waals surface area contributed by atoms with Crippen LogP contribution in [0.15, 0.2) is 17.2 Å². The average Bonchev–Trinajstić information content (AvgIpc) is 2.79. The van der Waals surface area contributed by atoms with Crippen LogP contribution in [-0.4, -0.2) is 53.7 Å². The number of rotatable bonds is 4. The zero-order valence-electron chi connectivity index (χ0n) is 11.7. The normalized spacial score (nSPS) is 24.1. The molecule has 2 rings (SSSR count). The van der Waals surface area contributed by atoms with Crippen molar-refractivity contribution in [2.45, 2.75) is 24.9 Å². The van der Waals surface area contributed by atoms with Crippen LogP contribution >= 0.6 is 0 Å². The molecule has 0 bridgehead atoms. The molecule has 0 spiro atoms. The zero-order valence-corrected chi connectivity index (χ0v) is 11.7. The van der Waals surface area contributed by atoms with Crippen LogP contribution in [0.5, 0.6) is 0 Å². The molecule has 0 aliphatic carbocycles. The summed E-state index contributed by atoms with van der Waals surface area (Å²) in [6, 6.07) is -0.0894. The third-order valence-corrected chi connectivity index (χ3v) is 3.56. The van der Waals surface area contributed by atoms with Gasteiger partial charge in [-0.1, -0.05) is 11.2 Å². The molecule has 1 fully saturated rings. The Morgan fingerprint density at radius 3 is 3.05 bits per heavy atom. The molecule has 1 aliphatic heterocycles. The van der Waals surface area contributed by atoms with Gasteiger partial charge in [-0.3, -0.25) is 4.90 Å². The maximum atomic E-state index is 5.95. The first-order chi connectivity index (χ1) is 9.11. The minimum absolute atomic E-state index is 0.168. The highest BCUT2D eigenvalue weighted by Crippen LogP contribution is 2.22. The number of likely N-dealkylation sites (N-methyl/N-ethyl adjacent to an activating group) is 2. The van der Waals surface area contributed by atoms with Gasteiger partial charge in [0.25, 0.3) is 0 Å². The van der Waals surface area contributed by atoms with E-state index in [0.29, 0.717) is 12.3 Å².